The highest BCUT2D eigenvalue weighted by Crippen LogP contribution is 2.35. The number of carbonyl (C=O) groups excluding carboxylic acids is 2. The first-order valence-electron chi connectivity index (χ1n) is 8.08. The number of ether oxygens (including phenoxy) is 2. The summed E-state index contributed by atoms with van der Waals surface area (Å²) in [6.07, 6.45) is -5.59. The van der Waals surface area contributed by atoms with E-state index in [2.05, 4.69) is 20.4 Å². The molecule has 1 aliphatic heterocycles. The zero-order chi connectivity index (χ0) is 22.1. The van der Waals surface area contributed by atoms with Gasteiger partial charge in [-0.2, -0.15) is 13.2 Å². The quantitative estimate of drug-likeness (QED) is 0.498. The SMILES string of the molecule is O=C1NC[C@@H](C(=O)N[C@@H](c2cnc(OCC(F)(F)F)s2)c2ccc(F)c(Cl)c2F)O1. The molecule has 1 aromatic heterocycles. The predicted molar refractivity (Wildman–Crippen MR) is 93.3 cm³/mol. The Morgan fingerprint density at radius 1 is 1.43 bits per heavy atom. The number of hydrogen-bond acceptors (Lipinski definition) is 6. The molecule has 1 aliphatic rings. The molecule has 2 heterocycles. The Morgan fingerprint density at radius 3 is 2.80 bits per heavy atom. The summed E-state index contributed by atoms with van der Waals surface area (Å²) in [6.45, 7) is -1.75. The summed E-state index contributed by atoms with van der Waals surface area (Å²) in [5.74, 6) is -3.06. The van der Waals surface area contributed by atoms with Crippen LogP contribution in [0.2, 0.25) is 5.02 Å². The second kappa shape index (κ2) is 8.60. The number of rotatable bonds is 6. The van der Waals surface area contributed by atoms with Crippen molar-refractivity contribution in [3.05, 3.63) is 45.4 Å². The standard InChI is InChI=1S/C16H11ClF5N3O4S/c17-10-7(18)2-1-6(11(10)19)12(25-13(26)8-3-23-14(27)29-8)9-4-24-15(30-9)28-5-16(20,21)22/h1-2,4,8,12H,3,5H2,(H,23,27)(H,25,26)/t8-,12+/m0/s1. The van der Waals surface area contributed by atoms with Crippen LogP contribution < -0.4 is 15.4 Å². The lowest BCUT2D eigenvalue weighted by Crippen LogP contribution is -2.39. The highest BCUT2D eigenvalue weighted by molar-refractivity contribution is 7.13. The molecular weight excluding hydrogens is 461 g/mol. The molecular formula is C16H11ClF5N3O4S. The summed E-state index contributed by atoms with van der Waals surface area (Å²) in [5.41, 5.74) is -0.280. The van der Waals surface area contributed by atoms with E-state index in [9.17, 15) is 31.5 Å². The van der Waals surface area contributed by atoms with Gasteiger partial charge in [0.25, 0.3) is 11.1 Å². The molecule has 1 saturated heterocycles. The van der Waals surface area contributed by atoms with Crippen LogP contribution in [0.15, 0.2) is 18.3 Å². The molecule has 162 valence electrons. The number of aromatic nitrogens is 1. The van der Waals surface area contributed by atoms with Gasteiger partial charge in [-0.05, 0) is 6.07 Å². The van der Waals surface area contributed by atoms with Crippen molar-refractivity contribution in [2.45, 2.75) is 18.3 Å². The number of nitrogens with zero attached hydrogens (tertiary/aromatic N) is 1. The van der Waals surface area contributed by atoms with Crippen molar-refractivity contribution in [2.75, 3.05) is 13.2 Å². The lowest BCUT2D eigenvalue weighted by atomic mass is 10.0. The van der Waals surface area contributed by atoms with Crippen molar-refractivity contribution >= 4 is 34.9 Å². The van der Waals surface area contributed by atoms with Crippen molar-refractivity contribution in [2.24, 2.45) is 0 Å². The molecule has 2 amide bonds. The average Bonchev–Trinajstić information content (AvgIpc) is 3.31. The van der Waals surface area contributed by atoms with Crippen LogP contribution in [0.3, 0.4) is 0 Å². The molecule has 1 fully saturated rings. The van der Waals surface area contributed by atoms with Crippen LogP contribution in [0, 0.1) is 11.6 Å². The van der Waals surface area contributed by atoms with E-state index in [-0.39, 0.29) is 22.2 Å². The molecule has 0 spiro atoms. The van der Waals surface area contributed by atoms with E-state index < -0.39 is 53.6 Å². The van der Waals surface area contributed by atoms with E-state index in [0.717, 1.165) is 18.3 Å². The Bertz CT molecular complexity index is 971. The van der Waals surface area contributed by atoms with E-state index in [1.54, 1.807) is 0 Å². The lowest BCUT2D eigenvalue weighted by Gasteiger charge is -2.20. The zero-order valence-electron chi connectivity index (χ0n) is 14.6. The van der Waals surface area contributed by atoms with Crippen LogP contribution in [0.1, 0.15) is 16.5 Å². The van der Waals surface area contributed by atoms with E-state index >= 15 is 0 Å². The summed E-state index contributed by atoms with van der Waals surface area (Å²) in [4.78, 5) is 27.3. The molecule has 3 rings (SSSR count). The van der Waals surface area contributed by atoms with Gasteiger partial charge in [0.15, 0.2) is 12.7 Å². The molecule has 30 heavy (non-hydrogen) atoms. The monoisotopic (exact) mass is 471 g/mol. The summed E-state index contributed by atoms with van der Waals surface area (Å²) >= 11 is 6.20. The minimum absolute atomic E-state index is 0.0689. The Labute approximate surface area is 174 Å². The van der Waals surface area contributed by atoms with Crippen molar-refractivity contribution in [1.82, 2.24) is 15.6 Å². The molecule has 2 aromatic rings. The van der Waals surface area contributed by atoms with Crippen molar-refractivity contribution in [3.8, 4) is 5.19 Å². The normalized spacial score (nSPS) is 17.3. The van der Waals surface area contributed by atoms with Crippen LogP contribution in [0.4, 0.5) is 26.7 Å². The number of alkyl carbamates (subject to hydrolysis) is 1. The first-order valence-corrected chi connectivity index (χ1v) is 9.28. The number of cyclic esters (lactones) is 1. The molecule has 7 nitrogen and oxygen atoms in total. The van der Waals surface area contributed by atoms with Crippen molar-refractivity contribution in [3.63, 3.8) is 0 Å². The van der Waals surface area contributed by atoms with Crippen LogP contribution in [0.5, 0.6) is 5.19 Å². The molecule has 2 atom stereocenters. The van der Waals surface area contributed by atoms with Gasteiger partial charge in [0.05, 0.1) is 17.5 Å². The molecule has 0 bridgehead atoms. The molecule has 2 N–H and O–H groups in total. The first-order chi connectivity index (χ1) is 14.0. The van der Waals surface area contributed by atoms with Gasteiger partial charge in [0.2, 0.25) is 0 Å². The predicted octanol–water partition coefficient (Wildman–Crippen LogP) is 3.33. The number of amides is 2. The second-order valence-corrected chi connectivity index (χ2v) is 7.32. The number of carbonyl (C=O) groups is 2. The number of thiazole rings is 1. The fourth-order valence-corrected chi connectivity index (χ4v) is 3.46. The fourth-order valence-electron chi connectivity index (χ4n) is 2.45. The average molecular weight is 472 g/mol. The topological polar surface area (TPSA) is 89.6 Å². The fraction of sp³-hybridized carbons (Fsp3) is 0.312. The lowest BCUT2D eigenvalue weighted by molar-refractivity contribution is -0.153. The van der Waals surface area contributed by atoms with Crippen molar-refractivity contribution in [1.29, 1.82) is 0 Å². The smallest absolute Gasteiger partial charge is 0.422 e. The first kappa shape index (κ1) is 22.0. The van der Waals surface area contributed by atoms with Crippen LogP contribution in [-0.4, -0.2) is 42.4 Å². The summed E-state index contributed by atoms with van der Waals surface area (Å²) in [5, 5.41) is 3.44. The minimum Gasteiger partial charge on any atom is -0.460 e. The zero-order valence-corrected chi connectivity index (χ0v) is 16.1. The van der Waals surface area contributed by atoms with E-state index in [4.69, 9.17) is 16.3 Å². The van der Waals surface area contributed by atoms with Gasteiger partial charge in [-0.25, -0.2) is 18.6 Å². The van der Waals surface area contributed by atoms with Gasteiger partial charge < -0.3 is 20.1 Å². The van der Waals surface area contributed by atoms with Crippen molar-refractivity contribution < 1.29 is 41.0 Å². The van der Waals surface area contributed by atoms with Gasteiger partial charge in [-0.3, -0.25) is 4.79 Å². The van der Waals surface area contributed by atoms with Gasteiger partial charge in [0, 0.05) is 11.8 Å². The highest BCUT2D eigenvalue weighted by Gasteiger charge is 2.34. The number of alkyl halides is 3. The third-order valence-electron chi connectivity index (χ3n) is 3.78. The molecule has 0 saturated carbocycles. The maximum atomic E-state index is 14.6. The number of benzene rings is 1. The second-order valence-electron chi connectivity index (χ2n) is 5.91. The Morgan fingerprint density at radius 2 is 2.17 bits per heavy atom. The Hall–Kier alpha value is -2.67. The largest absolute Gasteiger partial charge is 0.460 e. The van der Waals surface area contributed by atoms with E-state index in [1.807, 2.05) is 0 Å². The van der Waals surface area contributed by atoms with Crippen LogP contribution in [0.25, 0.3) is 0 Å². The number of hydrogen-bond donors (Lipinski definition) is 2. The highest BCUT2D eigenvalue weighted by atomic mass is 35.5. The number of nitrogens with one attached hydrogen (secondary N) is 2. The molecule has 0 radical (unpaired) electrons. The maximum Gasteiger partial charge on any atom is 0.422 e. The summed E-state index contributed by atoms with van der Waals surface area (Å²) < 4.78 is 74.4. The minimum atomic E-state index is -4.60. The molecule has 14 heteroatoms. The Balaban J connectivity index is 1.90. The van der Waals surface area contributed by atoms with Gasteiger partial charge in [0.1, 0.15) is 16.7 Å². The summed E-state index contributed by atoms with van der Waals surface area (Å²) in [7, 11) is 0. The van der Waals surface area contributed by atoms with Gasteiger partial charge >= 0.3 is 12.3 Å². The molecule has 0 aliphatic carbocycles. The van der Waals surface area contributed by atoms with Gasteiger partial charge in [-0.1, -0.05) is 29.0 Å². The maximum absolute atomic E-state index is 14.6. The third-order valence-corrected chi connectivity index (χ3v) is 5.10. The Kier molecular flexibility index (Phi) is 6.31. The van der Waals surface area contributed by atoms with E-state index in [0.29, 0.717) is 11.3 Å². The summed E-state index contributed by atoms with van der Waals surface area (Å²) in [6, 6.07) is 0.547. The third kappa shape index (κ3) is 5.08. The van der Waals surface area contributed by atoms with Crippen LogP contribution >= 0.6 is 22.9 Å². The van der Waals surface area contributed by atoms with Gasteiger partial charge in [-0.15, -0.1) is 0 Å². The molecule has 1 aromatic carbocycles. The van der Waals surface area contributed by atoms with E-state index in [1.165, 1.54) is 0 Å². The molecule has 0 unspecified atom stereocenters. The number of halogens is 6. The van der Waals surface area contributed by atoms with Crippen LogP contribution in [-0.2, 0) is 9.53 Å².